The smallest absolute Gasteiger partial charge is 0.227 e. The highest BCUT2D eigenvalue weighted by Gasteiger charge is 2.47. The van der Waals surface area contributed by atoms with Gasteiger partial charge in [-0.05, 0) is 48.6 Å². The predicted octanol–water partition coefficient (Wildman–Crippen LogP) is 0.569. The lowest BCUT2D eigenvalue weighted by Crippen LogP contribution is -2.47. The van der Waals surface area contributed by atoms with Gasteiger partial charge >= 0.3 is 0 Å². The van der Waals surface area contributed by atoms with Gasteiger partial charge in [0.15, 0.2) is 5.82 Å². The molecule has 0 aliphatic carbocycles. The molecule has 0 radical (unpaired) electrons. The first-order chi connectivity index (χ1) is 14.4. The molecule has 1 fully saturated rings. The minimum absolute atomic E-state index is 0.0462. The molecule has 0 saturated carbocycles. The standard InChI is InChI=1S/C20H30N6O4/c1-24(2)20(19-21-22-23-26(19)8-9-28-3)6-7-25(14-20)18(27)12-15-10-16(29-4)13-17(11-15)30-5/h10-11,13H,6-9,12,14H2,1-5H3. The number of likely N-dealkylation sites (N-methyl/N-ethyl adjacent to an activating group) is 1. The van der Waals surface area contributed by atoms with E-state index >= 15 is 0 Å². The zero-order valence-corrected chi connectivity index (χ0v) is 18.3. The van der Waals surface area contributed by atoms with Crippen molar-refractivity contribution in [3.05, 3.63) is 29.6 Å². The van der Waals surface area contributed by atoms with Crippen LogP contribution in [0.1, 0.15) is 17.8 Å². The van der Waals surface area contributed by atoms with Crippen molar-refractivity contribution in [3.8, 4) is 11.5 Å². The van der Waals surface area contributed by atoms with Crippen LogP contribution >= 0.6 is 0 Å². The lowest BCUT2D eigenvalue weighted by Gasteiger charge is -2.34. The van der Waals surface area contributed by atoms with Gasteiger partial charge in [-0.1, -0.05) is 0 Å². The minimum atomic E-state index is -0.445. The summed E-state index contributed by atoms with van der Waals surface area (Å²) in [4.78, 5) is 17.1. The summed E-state index contributed by atoms with van der Waals surface area (Å²) in [5.41, 5.74) is 0.405. The van der Waals surface area contributed by atoms with E-state index in [0.29, 0.717) is 37.7 Å². The molecule has 10 heteroatoms. The maximum atomic E-state index is 13.1. The van der Waals surface area contributed by atoms with Crippen LogP contribution in [-0.2, 0) is 28.0 Å². The van der Waals surface area contributed by atoms with Crippen LogP contribution in [0.25, 0.3) is 0 Å². The van der Waals surface area contributed by atoms with Gasteiger partial charge in [0.05, 0.1) is 33.8 Å². The number of tetrazole rings is 1. The number of aromatic nitrogens is 4. The first-order valence-corrected chi connectivity index (χ1v) is 9.86. The van der Waals surface area contributed by atoms with E-state index in [2.05, 4.69) is 20.4 Å². The van der Waals surface area contributed by atoms with Crippen LogP contribution in [0.4, 0.5) is 0 Å². The monoisotopic (exact) mass is 418 g/mol. The molecule has 1 aromatic carbocycles. The van der Waals surface area contributed by atoms with Crippen molar-refractivity contribution < 1.29 is 19.0 Å². The number of hydrogen-bond acceptors (Lipinski definition) is 8. The van der Waals surface area contributed by atoms with Crippen LogP contribution in [0.5, 0.6) is 11.5 Å². The molecule has 0 spiro atoms. The van der Waals surface area contributed by atoms with Crippen molar-refractivity contribution >= 4 is 5.91 Å². The zero-order valence-electron chi connectivity index (χ0n) is 18.3. The van der Waals surface area contributed by atoms with Crippen molar-refractivity contribution in [3.63, 3.8) is 0 Å². The summed E-state index contributed by atoms with van der Waals surface area (Å²) in [7, 11) is 8.84. The Kier molecular flexibility index (Phi) is 6.88. The first kappa shape index (κ1) is 22.0. The van der Waals surface area contributed by atoms with Crippen LogP contribution in [0.15, 0.2) is 18.2 Å². The number of carbonyl (C=O) groups excluding carboxylic acids is 1. The van der Waals surface area contributed by atoms with E-state index in [1.54, 1.807) is 32.1 Å². The number of rotatable bonds is 9. The second-order valence-electron chi connectivity index (χ2n) is 7.61. The molecule has 1 aliphatic heterocycles. The Morgan fingerprint density at radius 1 is 1.17 bits per heavy atom. The molecule has 2 heterocycles. The van der Waals surface area contributed by atoms with E-state index in [9.17, 15) is 4.79 Å². The van der Waals surface area contributed by atoms with Gasteiger partial charge in [0.2, 0.25) is 5.91 Å². The number of carbonyl (C=O) groups is 1. The van der Waals surface area contributed by atoms with E-state index in [4.69, 9.17) is 14.2 Å². The summed E-state index contributed by atoms with van der Waals surface area (Å²) >= 11 is 0. The van der Waals surface area contributed by atoms with E-state index in [-0.39, 0.29) is 12.3 Å². The van der Waals surface area contributed by atoms with E-state index in [0.717, 1.165) is 17.8 Å². The highest BCUT2D eigenvalue weighted by molar-refractivity contribution is 5.79. The van der Waals surface area contributed by atoms with Gasteiger partial charge < -0.3 is 19.1 Å². The summed E-state index contributed by atoms with van der Waals surface area (Å²) in [6, 6.07) is 5.52. The molecule has 30 heavy (non-hydrogen) atoms. The number of nitrogens with zero attached hydrogens (tertiary/aromatic N) is 6. The summed E-state index contributed by atoms with van der Waals surface area (Å²) < 4.78 is 17.6. The third-order valence-electron chi connectivity index (χ3n) is 5.68. The third kappa shape index (κ3) is 4.39. The second kappa shape index (κ2) is 9.40. The van der Waals surface area contributed by atoms with Crippen molar-refractivity contribution in [1.29, 1.82) is 0 Å². The quantitative estimate of drug-likeness (QED) is 0.583. The van der Waals surface area contributed by atoms with Crippen molar-refractivity contribution in [2.75, 3.05) is 55.1 Å². The number of hydrogen-bond donors (Lipinski definition) is 0. The number of benzene rings is 1. The highest BCUT2D eigenvalue weighted by atomic mass is 16.5. The third-order valence-corrected chi connectivity index (χ3v) is 5.68. The maximum Gasteiger partial charge on any atom is 0.227 e. The van der Waals surface area contributed by atoms with Gasteiger partial charge in [-0.25, -0.2) is 4.68 Å². The van der Waals surface area contributed by atoms with Crippen LogP contribution < -0.4 is 9.47 Å². The van der Waals surface area contributed by atoms with Gasteiger partial charge in [0.25, 0.3) is 0 Å². The van der Waals surface area contributed by atoms with Gasteiger partial charge in [-0.3, -0.25) is 9.69 Å². The maximum absolute atomic E-state index is 13.1. The average molecular weight is 418 g/mol. The zero-order chi connectivity index (χ0) is 21.7. The normalized spacial score (nSPS) is 18.8. The molecular formula is C20H30N6O4. The van der Waals surface area contributed by atoms with E-state index in [1.165, 1.54) is 0 Å². The Hall–Kier alpha value is -2.72. The van der Waals surface area contributed by atoms with Crippen LogP contribution in [0.3, 0.4) is 0 Å². The van der Waals surface area contributed by atoms with Gasteiger partial charge in [-0.2, -0.15) is 0 Å². The number of methoxy groups -OCH3 is 3. The predicted molar refractivity (Wildman–Crippen MR) is 110 cm³/mol. The highest BCUT2D eigenvalue weighted by Crippen LogP contribution is 2.35. The van der Waals surface area contributed by atoms with Gasteiger partial charge in [0, 0.05) is 26.3 Å². The molecule has 0 bridgehead atoms. The summed E-state index contributed by atoms with van der Waals surface area (Å²) in [5.74, 6) is 2.13. The fourth-order valence-corrected chi connectivity index (χ4v) is 3.88. The van der Waals surface area contributed by atoms with Crippen molar-refractivity contribution in [2.45, 2.75) is 24.9 Å². The summed E-state index contributed by atoms with van der Waals surface area (Å²) in [5, 5.41) is 12.3. The largest absolute Gasteiger partial charge is 0.497 e. The number of amides is 1. The van der Waals surface area contributed by atoms with Crippen LogP contribution in [0.2, 0.25) is 0 Å². The van der Waals surface area contributed by atoms with Crippen molar-refractivity contribution in [2.24, 2.45) is 0 Å². The van der Waals surface area contributed by atoms with E-state index in [1.807, 2.05) is 31.1 Å². The van der Waals surface area contributed by atoms with Crippen LogP contribution in [-0.4, -0.2) is 91.0 Å². The fraction of sp³-hybridized carbons (Fsp3) is 0.600. The minimum Gasteiger partial charge on any atom is -0.497 e. The summed E-state index contributed by atoms with van der Waals surface area (Å²) in [6.07, 6.45) is 1.02. The Morgan fingerprint density at radius 3 is 2.47 bits per heavy atom. The molecule has 1 amide bonds. The molecule has 10 nitrogen and oxygen atoms in total. The lowest BCUT2D eigenvalue weighted by atomic mass is 9.96. The van der Waals surface area contributed by atoms with E-state index < -0.39 is 5.54 Å². The molecule has 164 valence electrons. The second-order valence-corrected chi connectivity index (χ2v) is 7.61. The fourth-order valence-electron chi connectivity index (χ4n) is 3.88. The average Bonchev–Trinajstić information content (AvgIpc) is 3.39. The Labute approximate surface area is 176 Å². The molecule has 1 unspecified atom stereocenters. The van der Waals surface area contributed by atoms with Crippen LogP contribution in [0, 0.1) is 0 Å². The molecule has 1 aromatic heterocycles. The first-order valence-electron chi connectivity index (χ1n) is 9.86. The Balaban J connectivity index is 1.78. The SMILES string of the molecule is COCCn1nnnc1C1(N(C)C)CCN(C(=O)Cc2cc(OC)cc(OC)c2)C1. The molecule has 3 rings (SSSR count). The number of ether oxygens (including phenoxy) is 3. The Morgan fingerprint density at radius 2 is 1.87 bits per heavy atom. The summed E-state index contributed by atoms with van der Waals surface area (Å²) in [6.45, 7) is 2.23. The topological polar surface area (TPSA) is 94.8 Å². The van der Waals surface area contributed by atoms with Gasteiger partial charge in [-0.15, -0.1) is 5.10 Å². The van der Waals surface area contributed by atoms with Crippen molar-refractivity contribution in [1.82, 2.24) is 30.0 Å². The molecule has 1 saturated heterocycles. The molecule has 0 N–H and O–H groups in total. The lowest BCUT2D eigenvalue weighted by molar-refractivity contribution is -0.130. The Bertz CT molecular complexity index is 848. The number of likely N-dealkylation sites (tertiary alicyclic amines) is 1. The molecule has 2 aromatic rings. The molecule has 1 atom stereocenters. The molecule has 1 aliphatic rings. The van der Waals surface area contributed by atoms with Gasteiger partial charge in [0.1, 0.15) is 17.0 Å². The molecular weight excluding hydrogens is 388 g/mol.